The van der Waals surface area contributed by atoms with Gasteiger partial charge in [0, 0.05) is 10.4 Å². The first-order chi connectivity index (χ1) is 9.91. The fourth-order valence-corrected chi connectivity index (χ4v) is 3.08. The van der Waals surface area contributed by atoms with Crippen LogP contribution in [0.15, 0.2) is 48.5 Å². The second kappa shape index (κ2) is 6.84. The summed E-state index contributed by atoms with van der Waals surface area (Å²) in [6, 6.07) is 12.8. The van der Waals surface area contributed by atoms with Crippen LogP contribution in [0.1, 0.15) is 22.6 Å². The van der Waals surface area contributed by atoms with Gasteiger partial charge >= 0.3 is 6.18 Å². The van der Waals surface area contributed by atoms with Gasteiger partial charge < -0.3 is 0 Å². The van der Waals surface area contributed by atoms with Gasteiger partial charge in [0.2, 0.25) is 0 Å². The van der Waals surface area contributed by atoms with Crippen LogP contribution in [-0.2, 0) is 12.6 Å². The Hall–Kier alpha value is -1.00. The molecule has 2 rings (SSSR count). The van der Waals surface area contributed by atoms with Crippen molar-refractivity contribution in [3.63, 3.8) is 0 Å². The van der Waals surface area contributed by atoms with E-state index >= 15 is 0 Å². The predicted octanol–water partition coefficient (Wildman–Crippen LogP) is 6.08. The molecule has 1 atom stereocenters. The standard InChI is InChI=1S/C16H13BrClF3/c17-10-12(14-6-1-2-7-15(14)18)8-11-4-3-5-13(9-11)16(19,20)21/h1-7,9,12H,8,10H2. The van der Waals surface area contributed by atoms with E-state index in [0.29, 0.717) is 22.3 Å². The van der Waals surface area contributed by atoms with E-state index in [9.17, 15) is 13.2 Å². The van der Waals surface area contributed by atoms with Gasteiger partial charge in [0.15, 0.2) is 0 Å². The van der Waals surface area contributed by atoms with E-state index in [-0.39, 0.29) is 5.92 Å². The van der Waals surface area contributed by atoms with E-state index in [1.54, 1.807) is 12.1 Å². The molecular weight excluding hydrogens is 365 g/mol. The van der Waals surface area contributed by atoms with E-state index in [1.807, 2.05) is 18.2 Å². The van der Waals surface area contributed by atoms with Crippen LogP contribution in [0.4, 0.5) is 13.2 Å². The molecule has 0 amide bonds. The number of hydrogen-bond acceptors (Lipinski definition) is 0. The lowest BCUT2D eigenvalue weighted by Crippen LogP contribution is -2.08. The molecule has 0 aliphatic rings. The van der Waals surface area contributed by atoms with E-state index < -0.39 is 11.7 Å². The molecule has 0 saturated heterocycles. The second-order valence-electron chi connectivity index (χ2n) is 4.78. The molecular formula is C16H13BrClF3. The van der Waals surface area contributed by atoms with Gasteiger partial charge in [0.25, 0.3) is 0 Å². The number of rotatable bonds is 4. The maximum absolute atomic E-state index is 12.7. The second-order valence-corrected chi connectivity index (χ2v) is 5.83. The van der Waals surface area contributed by atoms with Crippen molar-refractivity contribution in [3.05, 3.63) is 70.2 Å². The van der Waals surface area contributed by atoms with Crippen molar-refractivity contribution in [2.75, 3.05) is 5.33 Å². The molecule has 2 aromatic carbocycles. The number of benzene rings is 2. The van der Waals surface area contributed by atoms with Crippen molar-refractivity contribution in [2.45, 2.75) is 18.5 Å². The molecule has 0 spiro atoms. The highest BCUT2D eigenvalue weighted by Gasteiger charge is 2.30. The van der Waals surface area contributed by atoms with Gasteiger partial charge in [-0.1, -0.05) is 63.9 Å². The highest BCUT2D eigenvalue weighted by molar-refractivity contribution is 9.09. The third-order valence-electron chi connectivity index (χ3n) is 3.27. The maximum atomic E-state index is 12.7. The summed E-state index contributed by atoms with van der Waals surface area (Å²) in [4.78, 5) is 0. The molecule has 0 heterocycles. The van der Waals surface area contributed by atoms with Gasteiger partial charge in [-0.05, 0) is 35.6 Å². The molecule has 0 N–H and O–H groups in total. The minimum Gasteiger partial charge on any atom is -0.166 e. The summed E-state index contributed by atoms with van der Waals surface area (Å²) in [6.45, 7) is 0. The third-order valence-corrected chi connectivity index (χ3v) is 4.39. The largest absolute Gasteiger partial charge is 0.416 e. The molecule has 0 aromatic heterocycles. The van der Waals surface area contributed by atoms with E-state index in [4.69, 9.17) is 11.6 Å². The molecule has 0 fully saturated rings. The molecule has 21 heavy (non-hydrogen) atoms. The summed E-state index contributed by atoms with van der Waals surface area (Å²) in [7, 11) is 0. The van der Waals surface area contributed by atoms with E-state index in [2.05, 4.69) is 15.9 Å². The molecule has 2 aromatic rings. The molecule has 0 aliphatic heterocycles. The SMILES string of the molecule is FC(F)(F)c1cccc(CC(CBr)c2ccccc2Cl)c1. The lowest BCUT2D eigenvalue weighted by atomic mass is 9.93. The van der Waals surface area contributed by atoms with Crippen LogP contribution in [0.2, 0.25) is 5.02 Å². The fourth-order valence-electron chi connectivity index (χ4n) is 2.21. The lowest BCUT2D eigenvalue weighted by Gasteiger charge is -2.17. The molecule has 0 saturated carbocycles. The van der Waals surface area contributed by atoms with Crippen LogP contribution >= 0.6 is 27.5 Å². The number of alkyl halides is 4. The van der Waals surface area contributed by atoms with Crippen LogP contribution in [0.25, 0.3) is 0 Å². The number of hydrogen-bond donors (Lipinski definition) is 0. The van der Waals surface area contributed by atoms with Crippen LogP contribution in [0.5, 0.6) is 0 Å². The zero-order valence-corrected chi connectivity index (χ0v) is 13.3. The van der Waals surface area contributed by atoms with Gasteiger partial charge in [-0.2, -0.15) is 13.2 Å². The highest BCUT2D eigenvalue weighted by Crippen LogP contribution is 2.32. The van der Waals surface area contributed by atoms with E-state index in [1.165, 1.54) is 12.1 Å². The minimum absolute atomic E-state index is 0.0298. The van der Waals surface area contributed by atoms with Gasteiger partial charge in [-0.3, -0.25) is 0 Å². The zero-order valence-electron chi connectivity index (χ0n) is 11.0. The summed E-state index contributed by atoms with van der Waals surface area (Å²) in [5, 5.41) is 1.27. The van der Waals surface area contributed by atoms with Crippen molar-refractivity contribution in [2.24, 2.45) is 0 Å². The molecule has 112 valence electrons. The Bertz CT molecular complexity index is 610. The van der Waals surface area contributed by atoms with Crippen molar-refractivity contribution < 1.29 is 13.2 Å². The summed E-state index contributed by atoms with van der Waals surface area (Å²) in [6.07, 6.45) is -3.82. The first-order valence-electron chi connectivity index (χ1n) is 6.38. The van der Waals surface area contributed by atoms with Crippen molar-refractivity contribution >= 4 is 27.5 Å². The van der Waals surface area contributed by atoms with Crippen LogP contribution in [0, 0.1) is 0 Å². The smallest absolute Gasteiger partial charge is 0.166 e. The van der Waals surface area contributed by atoms with Crippen LogP contribution in [-0.4, -0.2) is 5.33 Å². The Morgan fingerprint density at radius 1 is 1.05 bits per heavy atom. The highest BCUT2D eigenvalue weighted by atomic mass is 79.9. The molecule has 0 nitrogen and oxygen atoms in total. The van der Waals surface area contributed by atoms with Crippen LogP contribution < -0.4 is 0 Å². The fraction of sp³-hybridized carbons (Fsp3) is 0.250. The van der Waals surface area contributed by atoms with Crippen molar-refractivity contribution in [1.82, 2.24) is 0 Å². The van der Waals surface area contributed by atoms with Gasteiger partial charge in [0.05, 0.1) is 5.56 Å². The Morgan fingerprint density at radius 2 is 1.76 bits per heavy atom. The molecule has 1 unspecified atom stereocenters. The topological polar surface area (TPSA) is 0 Å². The average molecular weight is 378 g/mol. The van der Waals surface area contributed by atoms with Crippen molar-refractivity contribution in [3.8, 4) is 0 Å². The molecule has 0 aliphatic carbocycles. The molecule has 0 bridgehead atoms. The predicted molar refractivity (Wildman–Crippen MR) is 83.1 cm³/mol. The monoisotopic (exact) mass is 376 g/mol. The normalized spacial score (nSPS) is 13.2. The maximum Gasteiger partial charge on any atom is 0.416 e. The summed E-state index contributed by atoms with van der Waals surface area (Å²) in [5.74, 6) is 0.0298. The Balaban J connectivity index is 2.26. The number of halogens is 5. The summed E-state index contributed by atoms with van der Waals surface area (Å²) < 4.78 is 38.2. The molecule has 0 radical (unpaired) electrons. The molecule has 5 heteroatoms. The minimum atomic E-state index is -4.32. The zero-order chi connectivity index (χ0) is 15.5. The van der Waals surface area contributed by atoms with Gasteiger partial charge in [-0.15, -0.1) is 0 Å². The van der Waals surface area contributed by atoms with E-state index in [0.717, 1.165) is 11.6 Å². The van der Waals surface area contributed by atoms with Gasteiger partial charge in [-0.25, -0.2) is 0 Å². The van der Waals surface area contributed by atoms with Crippen molar-refractivity contribution in [1.29, 1.82) is 0 Å². The van der Waals surface area contributed by atoms with Crippen LogP contribution in [0.3, 0.4) is 0 Å². The lowest BCUT2D eigenvalue weighted by molar-refractivity contribution is -0.137. The summed E-state index contributed by atoms with van der Waals surface area (Å²) in [5.41, 5.74) is 0.968. The first kappa shape index (κ1) is 16.4. The Morgan fingerprint density at radius 3 is 2.38 bits per heavy atom. The third kappa shape index (κ3) is 4.24. The Labute approximate surface area is 135 Å². The van der Waals surface area contributed by atoms with Gasteiger partial charge in [0.1, 0.15) is 0 Å². The summed E-state index contributed by atoms with van der Waals surface area (Å²) >= 11 is 9.59. The first-order valence-corrected chi connectivity index (χ1v) is 7.88. The quantitative estimate of drug-likeness (QED) is 0.566. The Kier molecular flexibility index (Phi) is 5.33. The average Bonchev–Trinajstić information content (AvgIpc) is 2.45.